The molecule has 0 bridgehead atoms. The van der Waals surface area contributed by atoms with Crippen LogP contribution in [0, 0.1) is 0 Å². The number of benzene rings is 1. The Labute approximate surface area is 124 Å². The van der Waals surface area contributed by atoms with E-state index in [2.05, 4.69) is 20.1 Å². The van der Waals surface area contributed by atoms with Gasteiger partial charge in [0.1, 0.15) is 11.6 Å². The van der Waals surface area contributed by atoms with E-state index < -0.39 is 0 Å². The highest BCUT2D eigenvalue weighted by Gasteiger charge is 2.33. The molecule has 0 atom stereocenters. The monoisotopic (exact) mass is 284 g/mol. The fourth-order valence-corrected chi connectivity index (χ4v) is 3.30. The molecular weight excluding hydrogens is 264 g/mol. The number of hydrogen-bond acceptors (Lipinski definition) is 5. The number of nitrogens with zero attached hydrogens (tertiary/aromatic N) is 3. The van der Waals surface area contributed by atoms with Crippen LogP contribution < -0.4 is 10.2 Å². The van der Waals surface area contributed by atoms with Crippen molar-refractivity contribution < 1.29 is 5.11 Å². The lowest BCUT2D eigenvalue weighted by Gasteiger charge is -2.47. The van der Waals surface area contributed by atoms with Crippen LogP contribution in [0.25, 0.3) is 10.8 Å². The average molecular weight is 284 g/mol. The number of rotatable bonds is 2. The first-order valence-corrected chi connectivity index (χ1v) is 7.59. The zero-order valence-electron chi connectivity index (χ0n) is 12.0. The van der Waals surface area contributed by atoms with E-state index in [1.165, 1.54) is 0 Å². The van der Waals surface area contributed by atoms with Gasteiger partial charge in [0.15, 0.2) is 0 Å². The van der Waals surface area contributed by atoms with Crippen molar-refractivity contribution in [1.29, 1.82) is 0 Å². The van der Waals surface area contributed by atoms with Crippen LogP contribution in [0.2, 0.25) is 0 Å². The summed E-state index contributed by atoms with van der Waals surface area (Å²) < 4.78 is 0. The molecule has 4 rings (SSSR count). The highest BCUT2D eigenvalue weighted by molar-refractivity contribution is 5.93. The minimum atomic E-state index is 0.302. The Bertz CT molecular complexity index is 648. The number of fused-ring (bicyclic) bond motifs is 1. The first-order valence-electron chi connectivity index (χ1n) is 7.59. The lowest BCUT2D eigenvalue weighted by Crippen LogP contribution is -2.63. The number of anilines is 1. The van der Waals surface area contributed by atoms with Crippen molar-refractivity contribution in [2.75, 3.05) is 44.2 Å². The van der Waals surface area contributed by atoms with Crippen molar-refractivity contribution in [3.63, 3.8) is 0 Å². The minimum absolute atomic E-state index is 0.302. The van der Waals surface area contributed by atoms with E-state index in [4.69, 9.17) is 0 Å². The molecule has 2 aliphatic rings. The van der Waals surface area contributed by atoms with Crippen LogP contribution in [-0.2, 0) is 0 Å². The van der Waals surface area contributed by atoms with E-state index in [-0.39, 0.29) is 0 Å². The summed E-state index contributed by atoms with van der Waals surface area (Å²) >= 11 is 0. The molecule has 0 spiro atoms. The van der Waals surface area contributed by atoms with Crippen LogP contribution in [0.1, 0.15) is 0 Å². The molecule has 5 heteroatoms. The summed E-state index contributed by atoms with van der Waals surface area (Å²) in [5, 5.41) is 15.3. The van der Waals surface area contributed by atoms with Gasteiger partial charge < -0.3 is 15.3 Å². The Kier molecular flexibility index (Phi) is 3.16. The second-order valence-electron chi connectivity index (χ2n) is 5.88. The van der Waals surface area contributed by atoms with Gasteiger partial charge in [-0.2, -0.15) is 0 Å². The van der Waals surface area contributed by atoms with Crippen molar-refractivity contribution in [2.24, 2.45) is 0 Å². The van der Waals surface area contributed by atoms with Crippen LogP contribution in [0.15, 0.2) is 30.5 Å². The van der Waals surface area contributed by atoms with Gasteiger partial charge in [0.2, 0.25) is 0 Å². The van der Waals surface area contributed by atoms with Gasteiger partial charge in [0.25, 0.3) is 0 Å². The molecule has 1 aromatic carbocycles. The van der Waals surface area contributed by atoms with Gasteiger partial charge in [0, 0.05) is 56.9 Å². The SMILES string of the molecule is Oc1ccc2ccnc(N3CC(N4CCNCC4)C3)c2c1. The molecule has 110 valence electrons. The van der Waals surface area contributed by atoms with Crippen LogP contribution >= 0.6 is 0 Å². The van der Waals surface area contributed by atoms with Crippen molar-refractivity contribution >= 4 is 16.6 Å². The third kappa shape index (κ3) is 2.32. The highest BCUT2D eigenvalue weighted by atomic mass is 16.3. The number of pyridine rings is 1. The lowest BCUT2D eigenvalue weighted by atomic mass is 10.0. The van der Waals surface area contributed by atoms with Crippen LogP contribution in [0.3, 0.4) is 0 Å². The van der Waals surface area contributed by atoms with Crippen LogP contribution in [0.5, 0.6) is 5.75 Å². The van der Waals surface area contributed by atoms with Gasteiger partial charge in [-0.25, -0.2) is 4.98 Å². The van der Waals surface area contributed by atoms with Gasteiger partial charge in [-0.3, -0.25) is 4.90 Å². The zero-order valence-corrected chi connectivity index (χ0v) is 12.0. The maximum absolute atomic E-state index is 9.72. The molecule has 2 aromatic rings. The number of phenols is 1. The minimum Gasteiger partial charge on any atom is -0.508 e. The molecule has 0 amide bonds. The van der Waals surface area contributed by atoms with E-state index in [1.54, 1.807) is 6.07 Å². The second kappa shape index (κ2) is 5.16. The average Bonchev–Trinajstić information content (AvgIpc) is 2.47. The summed E-state index contributed by atoms with van der Waals surface area (Å²) in [6, 6.07) is 8.12. The number of phenolic OH excluding ortho intramolecular Hbond substituents is 1. The number of hydrogen-bond donors (Lipinski definition) is 2. The molecule has 0 aliphatic carbocycles. The smallest absolute Gasteiger partial charge is 0.136 e. The van der Waals surface area contributed by atoms with Crippen LogP contribution in [-0.4, -0.2) is 60.3 Å². The second-order valence-corrected chi connectivity index (χ2v) is 5.88. The van der Waals surface area contributed by atoms with Crippen LogP contribution in [0.4, 0.5) is 5.82 Å². The summed E-state index contributed by atoms with van der Waals surface area (Å²) in [7, 11) is 0. The highest BCUT2D eigenvalue weighted by Crippen LogP contribution is 2.31. The molecule has 2 fully saturated rings. The predicted octanol–water partition coefficient (Wildman–Crippen LogP) is 1.03. The number of aromatic nitrogens is 1. The summed E-state index contributed by atoms with van der Waals surface area (Å²) in [6.45, 7) is 6.53. The fourth-order valence-electron chi connectivity index (χ4n) is 3.30. The van der Waals surface area contributed by atoms with E-state index in [0.29, 0.717) is 11.8 Å². The Morgan fingerprint density at radius 3 is 2.76 bits per heavy atom. The van der Waals surface area contributed by atoms with Gasteiger partial charge in [-0.05, 0) is 23.6 Å². The molecule has 2 saturated heterocycles. The quantitative estimate of drug-likeness (QED) is 0.863. The topological polar surface area (TPSA) is 51.6 Å². The van der Waals surface area contributed by atoms with E-state index in [9.17, 15) is 5.11 Å². The molecule has 5 nitrogen and oxygen atoms in total. The normalized spacial score (nSPS) is 20.7. The lowest BCUT2D eigenvalue weighted by molar-refractivity contribution is 0.147. The van der Waals surface area contributed by atoms with Crippen molar-refractivity contribution in [2.45, 2.75) is 6.04 Å². The van der Waals surface area contributed by atoms with E-state index in [1.807, 2.05) is 24.4 Å². The molecule has 0 saturated carbocycles. The Morgan fingerprint density at radius 1 is 1.14 bits per heavy atom. The summed E-state index contributed by atoms with van der Waals surface area (Å²) in [5.41, 5.74) is 0. The molecule has 2 aliphatic heterocycles. The van der Waals surface area contributed by atoms with Gasteiger partial charge in [0.05, 0.1) is 0 Å². The Morgan fingerprint density at radius 2 is 1.95 bits per heavy atom. The summed E-state index contributed by atoms with van der Waals surface area (Å²) in [4.78, 5) is 9.41. The first-order chi connectivity index (χ1) is 10.3. The third-order valence-corrected chi connectivity index (χ3v) is 4.56. The van der Waals surface area contributed by atoms with Crippen molar-refractivity contribution in [3.05, 3.63) is 30.5 Å². The number of nitrogens with one attached hydrogen (secondary N) is 1. The fraction of sp³-hybridized carbons (Fsp3) is 0.438. The third-order valence-electron chi connectivity index (χ3n) is 4.56. The standard InChI is InChI=1S/C16H20N4O/c21-14-2-1-12-3-4-18-16(15(12)9-14)20-10-13(11-20)19-7-5-17-6-8-19/h1-4,9,13,17,21H,5-8,10-11H2. The van der Waals surface area contributed by atoms with Crippen molar-refractivity contribution in [3.8, 4) is 5.75 Å². The first kappa shape index (κ1) is 12.9. The van der Waals surface area contributed by atoms with Gasteiger partial charge in [-0.15, -0.1) is 0 Å². The molecule has 2 N–H and O–H groups in total. The largest absolute Gasteiger partial charge is 0.508 e. The van der Waals surface area contributed by atoms with Gasteiger partial charge >= 0.3 is 0 Å². The summed E-state index contributed by atoms with van der Waals surface area (Å²) in [5.74, 6) is 1.30. The molecular formula is C16H20N4O. The molecule has 21 heavy (non-hydrogen) atoms. The van der Waals surface area contributed by atoms with Crippen molar-refractivity contribution in [1.82, 2.24) is 15.2 Å². The molecule has 1 aromatic heterocycles. The Balaban J connectivity index is 1.54. The number of piperazine rings is 1. The maximum atomic E-state index is 9.72. The zero-order chi connectivity index (χ0) is 14.2. The maximum Gasteiger partial charge on any atom is 0.136 e. The number of aromatic hydroxyl groups is 1. The van der Waals surface area contributed by atoms with Gasteiger partial charge in [-0.1, -0.05) is 6.07 Å². The molecule has 0 unspecified atom stereocenters. The molecule has 0 radical (unpaired) electrons. The van der Waals surface area contributed by atoms with E-state index >= 15 is 0 Å². The Hall–Kier alpha value is -1.85. The molecule has 3 heterocycles. The summed E-state index contributed by atoms with van der Waals surface area (Å²) in [6.07, 6.45) is 1.85. The predicted molar refractivity (Wildman–Crippen MR) is 83.9 cm³/mol. The van der Waals surface area contributed by atoms with E-state index in [0.717, 1.165) is 55.9 Å².